The minimum absolute atomic E-state index is 0.00317. The minimum atomic E-state index is 0.00317. The zero-order valence-corrected chi connectivity index (χ0v) is 8.96. The molecular weight excluding hydrogens is 174 g/mol. The molecule has 2 heteroatoms. The normalized spacial score (nSPS) is 39.6. The lowest BCUT2D eigenvalue weighted by molar-refractivity contribution is 0.0298. The molecule has 2 rings (SSSR count). The van der Waals surface area contributed by atoms with Crippen molar-refractivity contribution < 1.29 is 4.74 Å². The van der Waals surface area contributed by atoms with E-state index < -0.39 is 0 Å². The van der Waals surface area contributed by atoms with E-state index in [1.165, 1.54) is 6.42 Å². The van der Waals surface area contributed by atoms with E-state index in [1.807, 2.05) is 0 Å². The van der Waals surface area contributed by atoms with E-state index in [9.17, 15) is 5.26 Å². The maximum atomic E-state index is 9.40. The molecule has 2 fully saturated rings. The molecule has 1 aliphatic carbocycles. The lowest BCUT2D eigenvalue weighted by atomic mass is 9.71. The van der Waals surface area contributed by atoms with Crippen molar-refractivity contribution in [1.29, 1.82) is 5.26 Å². The molecule has 14 heavy (non-hydrogen) atoms. The van der Waals surface area contributed by atoms with Crippen molar-refractivity contribution in [3.05, 3.63) is 0 Å². The Kier molecular flexibility index (Phi) is 2.78. The van der Waals surface area contributed by atoms with Gasteiger partial charge in [0.25, 0.3) is 0 Å². The first-order chi connectivity index (χ1) is 6.77. The molecular formula is C12H19NO. The van der Waals surface area contributed by atoms with Crippen molar-refractivity contribution in [2.45, 2.75) is 39.0 Å². The molecule has 0 bridgehead atoms. The van der Waals surface area contributed by atoms with Gasteiger partial charge < -0.3 is 4.74 Å². The molecule has 0 radical (unpaired) electrons. The first kappa shape index (κ1) is 9.98. The van der Waals surface area contributed by atoms with Crippen LogP contribution in [0, 0.1) is 28.6 Å². The molecule has 1 saturated carbocycles. The Bertz CT molecular complexity index is 239. The zero-order chi connectivity index (χ0) is 10.0. The summed E-state index contributed by atoms with van der Waals surface area (Å²) in [6, 6.07) is 2.62. The highest BCUT2D eigenvalue weighted by Crippen LogP contribution is 2.49. The molecule has 0 amide bonds. The average Bonchev–Trinajstić information content (AvgIpc) is 2.63. The van der Waals surface area contributed by atoms with Gasteiger partial charge in [0.15, 0.2) is 0 Å². The summed E-state index contributed by atoms with van der Waals surface area (Å²) < 4.78 is 5.37. The molecule has 2 unspecified atom stereocenters. The summed E-state index contributed by atoms with van der Waals surface area (Å²) in [6.07, 6.45) is 5.68. The topological polar surface area (TPSA) is 33.0 Å². The number of ether oxygens (including phenoxy) is 1. The van der Waals surface area contributed by atoms with Gasteiger partial charge in [0, 0.05) is 13.2 Å². The highest BCUT2D eigenvalue weighted by atomic mass is 16.5. The minimum Gasteiger partial charge on any atom is -0.381 e. The van der Waals surface area contributed by atoms with Gasteiger partial charge in [-0.3, -0.25) is 0 Å². The highest BCUT2D eigenvalue weighted by molar-refractivity contribution is 5.07. The molecule has 1 aliphatic heterocycles. The maximum absolute atomic E-state index is 9.40. The summed E-state index contributed by atoms with van der Waals surface area (Å²) >= 11 is 0. The Balaban J connectivity index is 2.08. The van der Waals surface area contributed by atoms with Crippen LogP contribution >= 0.6 is 0 Å². The van der Waals surface area contributed by atoms with Crippen molar-refractivity contribution in [2.24, 2.45) is 17.3 Å². The van der Waals surface area contributed by atoms with E-state index in [2.05, 4.69) is 13.0 Å². The van der Waals surface area contributed by atoms with Gasteiger partial charge in [-0.2, -0.15) is 5.26 Å². The first-order valence-electron chi connectivity index (χ1n) is 5.76. The SMILES string of the molecule is CC1CCC(C#N)(C2CCOCC2)C1. The number of hydrogen-bond donors (Lipinski definition) is 0. The van der Waals surface area contributed by atoms with Crippen LogP contribution in [0.15, 0.2) is 0 Å². The van der Waals surface area contributed by atoms with E-state index in [0.717, 1.165) is 44.8 Å². The highest BCUT2D eigenvalue weighted by Gasteiger charge is 2.44. The van der Waals surface area contributed by atoms with Crippen molar-refractivity contribution >= 4 is 0 Å². The van der Waals surface area contributed by atoms with Gasteiger partial charge in [-0.15, -0.1) is 0 Å². The predicted octanol–water partition coefficient (Wildman–Crippen LogP) is 2.74. The third-order valence-corrected chi connectivity index (χ3v) is 4.02. The van der Waals surface area contributed by atoms with Crippen molar-refractivity contribution in [3.63, 3.8) is 0 Å². The quantitative estimate of drug-likeness (QED) is 0.641. The van der Waals surface area contributed by atoms with Gasteiger partial charge in [0.2, 0.25) is 0 Å². The largest absolute Gasteiger partial charge is 0.381 e. The Morgan fingerprint density at radius 3 is 2.50 bits per heavy atom. The number of hydrogen-bond acceptors (Lipinski definition) is 2. The molecule has 0 aromatic carbocycles. The van der Waals surface area contributed by atoms with Crippen LogP contribution in [0.2, 0.25) is 0 Å². The Morgan fingerprint density at radius 2 is 2.00 bits per heavy atom. The van der Waals surface area contributed by atoms with Crippen LogP contribution in [0.5, 0.6) is 0 Å². The second kappa shape index (κ2) is 3.90. The molecule has 2 atom stereocenters. The fraction of sp³-hybridized carbons (Fsp3) is 0.917. The van der Waals surface area contributed by atoms with Crippen LogP contribution in [-0.2, 0) is 4.74 Å². The van der Waals surface area contributed by atoms with Crippen molar-refractivity contribution in [3.8, 4) is 6.07 Å². The van der Waals surface area contributed by atoms with Gasteiger partial charge in [0.05, 0.1) is 11.5 Å². The molecule has 0 aromatic heterocycles. The van der Waals surface area contributed by atoms with Crippen LogP contribution in [0.4, 0.5) is 0 Å². The summed E-state index contributed by atoms with van der Waals surface area (Å²) in [4.78, 5) is 0. The third kappa shape index (κ3) is 1.66. The van der Waals surface area contributed by atoms with E-state index in [0.29, 0.717) is 5.92 Å². The predicted molar refractivity (Wildman–Crippen MR) is 54.6 cm³/mol. The van der Waals surface area contributed by atoms with Crippen LogP contribution in [0.3, 0.4) is 0 Å². The summed E-state index contributed by atoms with van der Waals surface area (Å²) in [6.45, 7) is 4.00. The molecule has 0 aromatic rings. The van der Waals surface area contributed by atoms with Crippen LogP contribution in [0.25, 0.3) is 0 Å². The van der Waals surface area contributed by atoms with Crippen molar-refractivity contribution in [1.82, 2.24) is 0 Å². The maximum Gasteiger partial charge on any atom is 0.0692 e. The lowest BCUT2D eigenvalue weighted by Gasteiger charge is -2.34. The first-order valence-corrected chi connectivity index (χ1v) is 5.76. The fourth-order valence-corrected chi connectivity index (χ4v) is 3.14. The molecule has 0 N–H and O–H groups in total. The van der Waals surface area contributed by atoms with E-state index in [1.54, 1.807) is 0 Å². The summed E-state index contributed by atoms with van der Waals surface area (Å²) in [5.74, 6) is 1.35. The van der Waals surface area contributed by atoms with Gasteiger partial charge in [-0.25, -0.2) is 0 Å². The van der Waals surface area contributed by atoms with E-state index >= 15 is 0 Å². The van der Waals surface area contributed by atoms with Gasteiger partial charge in [-0.05, 0) is 43.9 Å². The fourth-order valence-electron chi connectivity index (χ4n) is 3.14. The Labute approximate surface area is 86.2 Å². The summed E-state index contributed by atoms with van der Waals surface area (Å²) in [7, 11) is 0. The van der Waals surface area contributed by atoms with Crippen LogP contribution < -0.4 is 0 Å². The summed E-state index contributed by atoms with van der Waals surface area (Å²) in [5.41, 5.74) is 0.00317. The smallest absolute Gasteiger partial charge is 0.0692 e. The van der Waals surface area contributed by atoms with Gasteiger partial charge in [0.1, 0.15) is 0 Å². The molecule has 1 heterocycles. The molecule has 2 aliphatic rings. The van der Waals surface area contributed by atoms with Gasteiger partial charge >= 0.3 is 0 Å². The number of nitrogens with zero attached hydrogens (tertiary/aromatic N) is 1. The second-order valence-electron chi connectivity index (χ2n) is 5.00. The number of rotatable bonds is 1. The monoisotopic (exact) mass is 193 g/mol. The van der Waals surface area contributed by atoms with E-state index in [-0.39, 0.29) is 5.41 Å². The molecule has 1 saturated heterocycles. The standard InChI is InChI=1S/C12H19NO/c1-10-2-5-12(8-10,9-13)11-3-6-14-7-4-11/h10-11H,2-8H2,1H3. The Hall–Kier alpha value is -0.550. The van der Waals surface area contributed by atoms with Crippen LogP contribution in [0.1, 0.15) is 39.0 Å². The van der Waals surface area contributed by atoms with Gasteiger partial charge in [-0.1, -0.05) is 6.92 Å². The zero-order valence-electron chi connectivity index (χ0n) is 8.96. The van der Waals surface area contributed by atoms with Crippen LogP contribution in [-0.4, -0.2) is 13.2 Å². The molecule has 2 nitrogen and oxygen atoms in total. The van der Waals surface area contributed by atoms with E-state index in [4.69, 9.17) is 4.74 Å². The van der Waals surface area contributed by atoms with Crippen molar-refractivity contribution in [2.75, 3.05) is 13.2 Å². The third-order valence-electron chi connectivity index (χ3n) is 4.02. The lowest BCUT2D eigenvalue weighted by Crippen LogP contribution is -2.31. The second-order valence-corrected chi connectivity index (χ2v) is 5.00. The average molecular weight is 193 g/mol. The number of nitriles is 1. The molecule has 0 spiro atoms. The molecule has 78 valence electrons. The summed E-state index contributed by atoms with van der Waals surface area (Å²) in [5, 5.41) is 9.40. The Morgan fingerprint density at radius 1 is 1.29 bits per heavy atom.